The van der Waals surface area contributed by atoms with Gasteiger partial charge >= 0.3 is 88.3 Å². The van der Waals surface area contributed by atoms with Gasteiger partial charge in [0, 0.05) is 0 Å². The molecule has 6 nitrogen and oxygen atoms in total. The molecule has 0 aromatic carbocycles. The van der Waals surface area contributed by atoms with Crippen molar-refractivity contribution in [3.05, 3.63) is 49.2 Å². The summed E-state index contributed by atoms with van der Waals surface area (Å²) in [5.74, 6) is 0. The van der Waals surface area contributed by atoms with Crippen LogP contribution in [-0.2, 0) is 88.3 Å². The molecule has 0 radical (unpaired) electrons. The number of rotatable bonds is 0. The summed E-state index contributed by atoms with van der Waals surface area (Å²) in [6.07, 6.45) is -30.2. The summed E-state index contributed by atoms with van der Waals surface area (Å²) >= 11 is 14.5. The summed E-state index contributed by atoms with van der Waals surface area (Å²) < 4.78 is 214. The summed E-state index contributed by atoms with van der Waals surface area (Å²) in [6, 6.07) is 0. The largest absolute Gasteiger partial charge is 1.00 e. The molecule has 0 saturated heterocycles. The van der Waals surface area contributed by atoms with Gasteiger partial charge in [0.05, 0.1) is 15.1 Å². The molecular weight excluding hydrogens is 903 g/mol. The quantitative estimate of drug-likeness (QED) is 0.167. The van der Waals surface area contributed by atoms with Crippen LogP contribution in [-0.4, -0.2) is 15.3 Å². The van der Waals surface area contributed by atoms with Crippen LogP contribution in [0, 0.1) is 0 Å². The van der Waals surface area contributed by atoms with E-state index in [0.29, 0.717) is 0 Å². The normalized spacial score (nSPS) is 12.5. The molecule has 3 aromatic heterocycles. The Labute approximate surface area is 281 Å². The average Bonchev–Trinajstić information content (AvgIpc) is 3.42. The Bertz CT molecular complexity index is 1090. The summed E-state index contributed by atoms with van der Waals surface area (Å²) in [7, 11) is 0. The average molecular weight is 903 g/mol. The Morgan fingerprint density at radius 2 is 0.489 bits per heavy atom. The van der Waals surface area contributed by atoms with Crippen molar-refractivity contribution in [1.82, 2.24) is 30.6 Å². The first-order valence-electron chi connectivity index (χ1n) is 8.91. The summed E-state index contributed by atoms with van der Waals surface area (Å²) in [6.45, 7) is 0. The second-order valence-electron chi connectivity index (χ2n) is 6.62. The second kappa shape index (κ2) is 16.3. The number of aromatic nitrogens is 6. The molecule has 0 aliphatic heterocycles. The SMILES string of the molecule is FC(F)(F)c1n[n-]c(C(F)(F)F)c1Cl.FC(F)(F)c1n[n-]c(C(F)(F)F)c1Cl.FC(F)(F)c1n[n-]c(C(F)(F)F)c1Cl.[Cu+].[Cu+].[Cu+]. The summed E-state index contributed by atoms with van der Waals surface area (Å²) in [4.78, 5) is 0. The van der Waals surface area contributed by atoms with E-state index in [9.17, 15) is 79.0 Å². The van der Waals surface area contributed by atoms with Gasteiger partial charge in [-0.05, 0) is 17.1 Å². The Kier molecular flexibility index (Phi) is 17.4. The van der Waals surface area contributed by atoms with E-state index in [2.05, 4.69) is 30.6 Å². The van der Waals surface area contributed by atoms with Crippen molar-refractivity contribution in [3.8, 4) is 0 Å². The first-order chi connectivity index (χ1) is 18.4. The van der Waals surface area contributed by atoms with E-state index in [1.807, 2.05) is 0 Å². The molecule has 0 saturated carbocycles. The monoisotopic (exact) mass is 900 g/mol. The molecule has 0 bridgehead atoms. The van der Waals surface area contributed by atoms with Crippen LogP contribution in [0.3, 0.4) is 0 Å². The van der Waals surface area contributed by atoms with E-state index in [-0.39, 0.29) is 51.2 Å². The zero-order chi connectivity index (χ0) is 33.4. The molecule has 0 fully saturated rings. The fraction of sp³-hybridized carbons (Fsp3) is 0.400. The van der Waals surface area contributed by atoms with Crippen LogP contribution in [0.15, 0.2) is 0 Å². The maximum atomic E-state index is 11.9. The van der Waals surface area contributed by atoms with Crippen LogP contribution in [0.4, 0.5) is 79.0 Å². The second-order valence-corrected chi connectivity index (χ2v) is 7.75. The molecule has 3 aromatic rings. The minimum Gasteiger partial charge on any atom is -0.570 e. The minimum atomic E-state index is -5.03. The molecule has 0 spiro atoms. The van der Waals surface area contributed by atoms with Crippen LogP contribution in [0.5, 0.6) is 0 Å². The van der Waals surface area contributed by atoms with Crippen LogP contribution >= 0.6 is 34.8 Å². The molecule has 0 amide bonds. The van der Waals surface area contributed by atoms with Gasteiger partial charge < -0.3 is 30.6 Å². The van der Waals surface area contributed by atoms with Crippen molar-refractivity contribution >= 4 is 34.8 Å². The number of hydrogen-bond donors (Lipinski definition) is 0. The van der Waals surface area contributed by atoms with Gasteiger partial charge in [-0.2, -0.15) is 79.0 Å². The molecule has 270 valence electrons. The maximum absolute atomic E-state index is 11.9. The van der Waals surface area contributed by atoms with Gasteiger partial charge in [0.15, 0.2) is 0 Å². The zero-order valence-corrected chi connectivity index (χ0v) is 24.1. The van der Waals surface area contributed by atoms with E-state index in [1.165, 1.54) is 0 Å². The van der Waals surface area contributed by atoms with Crippen molar-refractivity contribution in [1.29, 1.82) is 0 Å². The Hall–Kier alpha value is -1.20. The number of nitrogens with zero attached hydrogens (tertiary/aromatic N) is 6. The third-order valence-corrected chi connectivity index (χ3v) is 4.68. The third-order valence-electron chi connectivity index (χ3n) is 3.61. The Morgan fingerprint density at radius 3 is 0.556 bits per heavy atom. The van der Waals surface area contributed by atoms with Crippen LogP contribution in [0.1, 0.15) is 34.2 Å². The summed E-state index contributed by atoms with van der Waals surface area (Å²) in [5, 5.41) is 9.39. The topological polar surface area (TPSA) is 81.0 Å². The molecule has 0 unspecified atom stereocenters. The molecule has 30 heteroatoms. The van der Waals surface area contributed by atoms with Crippen LogP contribution in [0.25, 0.3) is 0 Å². The van der Waals surface area contributed by atoms with E-state index in [1.54, 1.807) is 0 Å². The van der Waals surface area contributed by atoms with Gasteiger partial charge in [-0.1, -0.05) is 34.8 Å². The van der Waals surface area contributed by atoms with E-state index < -0.39 is 86.3 Å². The molecular formula is C15Cl3Cu3F18N6. The van der Waals surface area contributed by atoms with Crippen molar-refractivity contribution in [2.45, 2.75) is 37.1 Å². The van der Waals surface area contributed by atoms with Crippen LogP contribution in [0.2, 0.25) is 15.1 Å². The molecule has 3 rings (SSSR count). The fourth-order valence-electron chi connectivity index (χ4n) is 1.99. The van der Waals surface area contributed by atoms with Crippen molar-refractivity contribution in [2.75, 3.05) is 0 Å². The van der Waals surface area contributed by atoms with Gasteiger partial charge in [-0.3, -0.25) is 0 Å². The molecule has 0 aliphatic rings. The molecule has 3 heterocycles. The van der Waals surface area contributed by atoms with E-state index >= 15 is 0 Å². The number of halogens is 21. The van der Waals surface area contributed by atoms with Crippen molar-refractivity contribution in [3.63, 3.8) is 0 Å². The molecule has 0 aliphatic carbocycles. The van der Waals surface area contributed by atoms with Crippen LogP contribution < -0.4 is 15.3 Å². The van der Waals surface area contributed by atoms with E-state index in [0.717, 1.165) is 0 Å². The minimum absolute atomic E-state index is 0. The van der Waals surface area contributed by atoms with Crippen molar-refractivity contribution < 1.29 is 130 Å². The third kappa shape index (κ3) is 13.1. The number of hydrogen-bond acceptors (Lipinski definition) is 3. The molecule has 0 N–H and O–H groups in total. The Balaban J connectivity index is -0.000000569. The number of alkyl halides is 18. The first kappa shape index (κ1) is 48.2. The van der Waals surface area contributed by atoms with Gasteiger partial charge in [0.1, 0.15) is 17.1 Å². The Morgan fingerprint density at radius 1 is 0.333 bits per heavy atom. The first-order valence-corrected chi connectivity index (χ1v) is 10.0. The predicted octanol–water partition coefficient (Wildman–Crippen LogP) is 8.18. The smallest absolute Gasteiger partial charge is 0.570 e. The standard InChI is InChI=1S/3C5ClF6N2.3Cu/c3*6-1-2(4(7,8)9)13-14-3(1)5(10,11)12;;;/q3*-1;3*+1. The van der Waals surface area contributed by atoms with Crippen molar-refractivity contribution in [2.24, 2.45) is 0 Å². The van der Waals surface area contributed by atoms with E-state index in [4.69, 9.17) is 34.8 Å². The van der Waals surface area contributed by atoms with Gasteiger partial charge in [0.2, 0.25) is 0 Å². The summed E-state index contributed by atoms with van der Waals surface area (Å²) in [5.41, 5.74) is -11.0. The predicted molar refractivity (Wildman–Crippen MR) is 97.7 cm³/mol. The maximum Gasteiger partial charge on any atom is 1.00 e. The van der Waals surface area contributed by atoms with Gasteiger partial charge in [0.25, 0.3) is 0 Å². The van der Waals surface area contributed by atoms with Gasteiger partial charge in [-0.15, -0.1) is 0 Å². The van der Waals surface area contributed by atoms with Gasteiger partial charge in [-0.25, -0.2) is 0 Å². The fourth-order valence-corrected chi connectivity index (χ4v) is 2.86. The zero-order valence-electron chi connectivity index (χ0n) is 19.0. The molecule has 45 heavy (non-hydrogen) atoms. The molecule has 0 atom stereocenters.